The van der Waals surface area contributed by atoms with Gasteiger partial charge in [0.2, 0.25) is 11.8 Å². The van der Waals surface area contributed by atoms with Crippen LogP contribution in [0.5, 0.6) is 0 Å². The van der Waals surface area contributed by atoms with Crippen LogP contribution in [0.15, 0.2) is 0 Å². The van der Waals surface area contributed by atoms with Crippen LogP contribution >= 0.6 is 0 Å². The van der Waals surface area contributed by atoms with Gasteiger partial charge in [0.15, 0.2) is 0 Å². The Morgan fingerprint density at radius 2 is 1.87 bits per heavy atom. The monoisotopic (exact) mass is 215 g/mol. The van der Waals surface area contributed by atoms with E-state index < -0.39 is 5.41 Å². The predicted octanol–water partition coefficient (Wildman–Crippen LogP) is -0.386. The van der Waals surface area contributed by atoms with Gasteiger partial charge in [0.05, 0.1) is 12.0 Å². The van der Waals surface area contributed by atoms with Gasteiger partial charge in [-0.25, -0.2) is 0 Å². The van der Waals surface area contributed by atoms with E-state index in [2.05, 4.69) is 10.6 Å². The summed E-state index contributed by atoms with van der Waals surface area (Å²) in [6.45, 7) is 6.36. The normalized spacial score (nSPS) is 10.9. The van der Waals surface area contributed by atoms with Crippen molar-refractivity contribution in [1.82, 2.24) is 10.6 Å². The molecule has 0 bridgehead atoms. The molecule has 0 atom stereocenters. The standard InChI is InChI=1S/C10H21N3O2/c1-4-5-12-8(14)6-13-9(15)10(2,3)7-11/h4-7,11H2,1-3H3,(H,12,14)(H,13,15). The summed E-state index contributed by atoms with van der Waals surface area (Å²) < 4.78 is 0. The first-order valence-corrected chi connectivity index (χ1v) is 5.19. The van der Waals surface area contributed by atoms with Crippen molar-refractivity contribution in [3.63, 3.8) is 0 Å². The highest BCUT2D eigenvalue weighted by Gasteiger charge is 2.25. The number of amides is 2. The van der Waals surface area contributed by atoms with E-state index in [0.29, 0.717) is 6.54 Å². The molecule has 5 nitrogen and oxygen atoms in total. The zero-order valence-corrected chi connectivity index (χ0v) is 9.72. The Labute approximate surface area is 90.8 Å². The number of nitrogens with one attached hydrogen (secondary N) is 2. The SMILES string of the molecule is CCCNC(=O)CNC(=O)C(C)(C)CN. The van der Waals surface area contributed by atoms with E-state index in [0.717, 1.165) is 6.42 Å². The van der Waals surface area contributed by atoms with E-state index in [4.69, 9.17) is 5.73 Å². The van der Waals surface area contributed by atoms with Gasteiger partial charge >= 0.3 is 0 Å². The molecule has 4 N–H and O–H groups in total. The van der Waals surface area contributed by atoms with Crippen molar-refractivity contribution in [2.75, 3.05) is 19.6 Å². The molecule has 88 valence electrons. The molecule has 0 aliphatic carbocycles. The number of nitrogens with two attached hydrogens (primary N) is 1. The highest BCUT2D eigenvalue weighted by molar-refractivity contribution is 5.87. The van der Waals surface area contributed by atoms with Crippen LogP contribution in [0.4, 0.5) is 0 Å². The van der Waals surface area contributed by atoms with Gasteiger partial charge in [0.25, 0.3) is 0 Å². The van der Waals surface area contributed by atoms with E-state index in [-0.39, 0.29) is 24.9 Å². The van der Waals surface area contributed by atoms with Crippen LogP contribution in [-0.4, -0.2) is 31.4 Å². The minimum Gasteiger partial charge on any atom is -0.355 e. The van der Waals surface area contributed by atoms with Crippen LogP contribution < -0.4 is 16.4 Å². The smallest absolute Gasteiger partial charge is 0.239 e. The van der Waals surface area contributed by atoms with Crippen molar-refractivity contribution >= 4 is 11.8 Å². The summed E-state index contributed by atoms with van der Waals surface area (Å²) in [5, 5.41) is 5.22. The minimum atomic E-state index is -0.620. The highest BCUT2D eigenvalue weighted by Crippen LogP contribution is 2.11. The highest BCUT2D eigenvalue weighted by atomic mass is 16.2. The molecule has 5 heteroatoms. The molecule has 0 unspecified atom stereocenters. The van der Waals surface area contributed by atoms with E-state index >= 15 is 0 Å². The fraction of sp³-hybridized carbons (Fsp3) is 0.800. The molecule has 0 rings (SSSR count). The van der Waals surface area contributed by atoms with Crippen LogP contribution in [0.25, 0.3) is 0 Å². The molecule has 0 aliphatic heterocycles. The van der Waals surface area contributed by atoms with Crippen molar-refractivity contribution in [2.45, 2.75) is 27.2 Å². The van der Waals surface area contributed by atoms with Crippen molar-refractivity contribution in [2.24, 2.45) is 11.1 Å². The largest absolute Gasteiger partial charge is 0.355 e. The number of carbonyl (C=O) groups excluding carboxylic acids is 2. The molecule has 0 saturated heterocycles. The molecule has 2 amide bonds. The maximum absolute atomic E-state index is 11.5. The van der Waals surface area contributed by atoms with Gasteiger partial charge in [-0.1, -0.05) is 6.92 Å². The van der Waals surface area contributed by atoms with Gasteiger partial charge in [-0.05, 0) is 20.3 Å². The number of hydrogen-bond donors (Lipinski definition) is 3. The van der Waals surface area contributed by atoms with Gasteiger partial charge in [-0.2, -0.15) is 0 Å². The van der Waals surface area contributed by atoms with Crippen LogP contribution in [0.2, 0.25) is 0 Å². The van der Waals surface area contributed by atoms with Gasteiger partial charge < -0.3 is 16.4 Å². The maximum atomic E-state index is 11.5. The van der Waals surface area contributed by atoms with Crippen LogP contribution in [0.1, 0.15) is 27.2 Å². The number of hydrogen-bond acceptors (Lipinski definition) is 3. The van der Waals surface area contributed by atoms with E-state index in [1.54, 1.807) is 13.8 Å². The second-order valence-corrected chi connectivity index (χ2v) is 4.12. The fourth-order valence-corrected chi connectivity index (χ4v) is 0.819. The summed E-state index contributed by atoms with van der Waals surface area (Å²) >= 11 is 0. The average molecular weight is 215 g/mol. The molecule has 0 saturated carbocycles. The molecule has 0 heterocycles. The van der Waals surface area contributed by atoms with Crippen molar-refractivity contribution in [3.8, 4) is 0 Å². The molecule has 0 radical (unpaired) electrons. The summed E-state index contributed by atoms with van der Waals surface area (Å²) in [5.74, 6) is -0.366. The van der Waals surface area contributed by atoms with Gasteiger partial charge in [0.1, 0.15) is 0 Å². The lowest BCUT2D eigenvalue weighted by Gasteiger charge is -2.20. The molecule has 0 aromatic rings. The summed E-state index contributed by atoms with van der Waals surface area (Å²) in [6, 6.07) is 0. The van der Waals surface area contributed by atoms with Crippen molar-refractivity contribution in [1.29, 1.82) is 0 Å². The van der Waals surface area contributed by atoms with E-state index in [1.165, 1.54) is 0 Å². The van der Waals surface area contributed by atoms with Gasteiger partial charge in [0, 0.05) is 13.1 Å². The molecule has 0 aromatic heterocycles. The van der Waals surface area contributed by atoms with Crippen LogP contribution in [0, 0.1) is 5.41 Å². The predicted molar refractivity (Wildman–Crippen MR) is 59.1 cm³/mol. The zero-order chi connectivity index (χ0) is 11.9. The van der Waals surface area contributed by atoms with Gasteiger partial charge in [-0.15, -0.1) is 0 Å². The summed E-state index contributed by atoms with van der Waals surface area (Å²) in [5.41, 5.74) is 4.81. The van der Waals surface area contributed by atoms with Crippen molar-refractivity contribution < 1.29 is 9.59 Å². The molecular formula is C10H21N3O2. The first-order chi connectivity index (χ1) is 6.94. The second kappa shape index (κ2) is 6.40. The minimum absolute atomic E-state index is 0.0161. The van der Waals surface area contributed by atoms with Crippen molar-refractivity contribution in [3.05, 3.63) is 0 Å². The number of carbonyl (C=O) groups is 2. The van der Waals surface area contributed by atoms with Gasteiger partial charge in [-0.3, -0.25) is 9.59 Å². The maximum Gasteiger partial charge on any atom is 0.239 e. The summed E-state index contributed by atoms with van der Waals surface area (Å²) in [7, 11) is 0. The lowest BCUT2D eigenvalue weighted by atomic mass is 9.93. The van der Waals surface area contributed by atoms with E-state index in [1.807, 2.05) is 6.92 Å². The lowest BCUT2D eigenvalue weighted by molar-refractivity contribution is -0.131. The Hall–Kier alpha value is -1.10. The Bertz CT molecular complexity index is 227. The third kappa shape index (κ3) is 5.37. The lowest BCUT2D eigenvalue weighted by Crippen LogP contribution is -2.45. The Balaban J connectivity index is 3.85. The molecule has 0 aliphatic rings. The fourth-order valence-electron chi connectivity index (χ4n) is 0.819. The Morgan fingerprint density at radius 1 is 1.27 bits per heavy atom. The quantitative estimate of drug-likeness (QED) is 0.564. The summed E-state index contributed by atoms with van der Waals surface area (Å²) in [4.78, 5) is 22.7. The van der Waals surface area contributed by atoms with Crippen LogP contribution in [-0.2, 0) is 9.59 Å². The topological polar surface area (TPSA) is 84.2 Å². The molecule has 0 fully saturated rings. The van der Waals surface area contributed by atoms with E-state index in [9.17, 15) is 9.59 Å². The first-order valence-electron chi connectivity index (χ1n) is 5.19. The third-order valence-electron chi connectivity index (χ3n) is 2.11. The summed E-state index contributed by atoms with van der Waals surface area (Å²) in [6.07, 6.45) is 0.883. The Kier molecular flexibility index (Phi) is 5.93. The molecular weight excluding hydrogens is 194 g/mol. The second-order valence-electron chi connectivity index (χ2n) is 4.12. The number of rotatable bonds is 6. The molecule has 0 spiro atoms. The molecule has 15 heavy (non-hydrogen) atoms. The van der Waals surface area contributed by atoms with Crippen LogP contribution in [0.3, 0.4) is 0 Å². The zero-order valence-electron chi connectivity index (χ0n) is 9.72. The third-order valence-corrected chi connectivity index (χ3v) is 2.11. The first kappa shape index (κ1) is 13.9. The Morgan fingerprint density at radius 3 is 2.33 bits per heavy atom. The molecule has 0 aromatic carbocycles. The average Bonchev–Trinajstić information content (AvgIpc) is 2.22.